The number of hydrogen-bond acceptors (Lipinski definition) is 3. The minimum absolute atomic E-state index is 0.0220. The van der Waals surface area contributed by atoms with Crippen molar-refractivity contribution in [2.45, 2.75) is 168 Å². The van der Waals surface area contributed by atoms with Crippen molar-refractivity contribution < 1.29 is 9.59 Å². The number of likely N-dealkylation sites (N-methyl/N-ethyl adjacent to an activating group) is 1. The Hall–Kier alpha value is -1.79. The zero-order chi connectivity index (χ0) is 29.0. The van der Waals surface area contributed by atoms with Crippen molar-refractivity contribution in [3.63, 3.8) is 0 Å². The lowest BCUT2D eigenvalue weighted by molar-refractivity contribution is -0.136. The minimum atomic E-state index is -0.507. The third kappa shape index (κ3) is 23.8. The fraction of sp³-hybridized carbons (Fsp3) is 0.906. The van der Waals surface area contributed by atoms with Crippen LogP contribution in [0.25, 0.3) is 0 Å². The molecule has 0 aromatic heterocycles. The van der Waals surface area contributed by atoms with Crippen LogP contribution in [0.2, 0.25) is 0 Å². The number of aliphatic imine (C=N–C) groups is 1. The van der Waals surface area contributed by atoms with E-state index in [2.05, 4.69) is 17.2 Å². The molecule has 0 bridgehead atoms. The number of nitrogens with two attached hydrogens (primary N) is 2. The van der Waals surface area contributed by atoms with Crippen LogP contribution in [0.4, 0.5) is 0 Å². The van der Waals surface area contributed by atoms with E-state index in [1.807, 2.05) is 13.8 Å². The van der Waals surface area contributed by atoms with Crippen molar-refractivity contribution in [2.24, 2.45) is 16.5 Å². The zero-order valence-electron chi connectivity index (χ0n) is 26.1. The SMILES string of the molecule is CCCCCCCCCCCCCCCCCCCCCC(=O)N[C@@H](CCCN=C(N)N)C(=O)N(CC)CC. The molecule has 0 rings (SSSR count). The van der Waals surface area contributed by atoms with Crippen molar-refractivity contribution in [3.8, 4) is 0 Å². The van der Waals surface area contributed by atoms with E-state index >= 15 is 0 Å². The number of nitrogens with one attached hydrogen (secondary N) is 1. The van der Waals surface area contributed by atoms with Crippen LogP contribution < -0.4 is 16.8 Å². The molecule has 0 aliphatic rings. The predicted octanol–water partition coefficient (Wildman–Crippen LogP) is 7.22. The number of amides is 2. The first-order chi connectivity index (χ1) is 19.0. The molecule has 0 fully saturated rings. The van der Waals surface area contributed by atoms with Gasteiger partial charge in [-0.15, -0.1) is 0 Å². The molecule has 0 aliphatic carbocycles. The van der Waals surface area contributed by atoms with Crippen molar-refractivity contribution in [1.82, 2.24) is 10.2 Å². The third-order valence-corrected chi connectivity index (χ3v) is 7.66. The smallest absolute Gasteiger partial charge is 0.245 e. The molecule has 0 aromatic rings. The van der Waals surface area contributed by atoms with Gasteiger partial charge < -0.3 is 21.7 Å². The van der Waals surface area contributed by atoms with Gasteiger partial charge in [0.2, 0.25) is 11.8 Å². The molecule has 5 N–H and O–H groups in total. The van der Waals surface area contributed by atoms with Crippen LogP contribution in [0.3, 0.4) is 0 Å². The van der Waals surface area contributed by atoms with E-state index in [0.29, 0.717) is 38.9 Å². The van der Waals surface area contributed by atoms with Gasteiger partial charge in [-0.2, -0.15) is 0 Å². The van der Waals surface area contributed by atoms with Crippen molar-refractivity contribution >= 4 is 17.8 Å². The van der Waals surface area contributed by atoms with Gasteiger partial charge >= 0.3 is 0 Å². The summed E-state index contributed by atoms with van der Waals surface area (Å²) in [6, 6.07) is -0.507. The van der Waals surface area contributed by atoms with Gasteiger partial charge in [0.15, 0.2) is 5.96 Å². The second kappa shape index (κ2) is 27.8. The lowest BCUT2D eigenvalue weighted by Gasteiger charge is -2.26. The number of guanidine groups is 1. The number of carbonyl (C=O) groups excluding carboxylic acids is 2. The molecule has 0 heterocycles. The summed E-state index contributed by atoms with van der Waals surface area (Å²) >= 11 is 0. The van der Waals surface area contributed by atoms with Gasteiger partial charge in [-0.1, -0.05) is 122 Å². The van der Waals surface area contributed by atoms with Crippen LogP contribution in [0, 0.1) is 0 Å². The molecule has 7 nitrogen and oxygen atoms in total. The predicted molar refractivity (Wildman–Crippen MR) is 168 cm³/mol. The second-order valence-electron chi connectivity index (χ2n) is 11.2. The molecule has 0 aliphatic heterocycles. The topological polar surface area (TPSA) is 114 Å². The molecular weight excluding hydrogens is 486 g/mol. The average molecular weight is 552 g/mol. The fourth-order valence-electron chi connectivity index (χ4n) is 5.15. The molecule has 7 heteroatoms. The fourth-order valence-corrected chi connectivity index (χ4v) is 5.15. The van der Waals surface area contributed by atoms with E-state index in [-0.39, 0.29) is 17.8 Å². The Bertz CT molecular complexity index is 603. The molecular formula is C32H65N5O2. The molecule has 230 valence electrons. The molecule has 0 unspecified atom stereocenters. The van der Waals surface area contributed by atoms with Crippen LogP contribution >= 0.6 is 0 Å². The molecule has 0 saturated carbocycles. The minimum Gasteiger partial charge on any atom is -0.370 e. The number of nitrogens with zero attached hydrogens (tertiary/aromatic N) is 2. The summed E-state index contributed by atoms with van der Waals surface area (Å²) in [6.07, 6.45) is 27.1. The van der Waals surface area contributed by atoms with Crippen LogP contribution in [-0.4, -0.2) is 48.3 Å². The largest absolute Gasteiger partial charge is 0.370 e. The van der Waals surface area contributed by atoms with Crippen molar-refractivity contribution in [1.29, 1.82) is 0 Å². The maximum Gasteiger partial charge on any atom is 0.245 e. The number of carbonyl (C=O) groups is 2. The summed E-state index contributed by atoms with van der Waals surface area (Å²) in [6.45, 7) is 7.92. The highest BCUT2D eigenvalue weighted by Gasteiger charge is 2.23. The first-order valence-corrected chi connectivity index (χ1v) is 16.6. The molecule has 0 saturated heterocycles. The van der Waals surface area contributed by atoms with Crippen LogP contribution in [0.15, 0.2) is 4.99 Å². The summed E-state index contributed by atoms with van der Waals surface area (Å²) in [4.78, 5) is 31.1. The summed E-state index contributed by atoms with van der Waals surface area (Å²) in [5, 5.41) is 2.97. The van der Waals surface area contributed by atoms with Gasteiger partial charge in [0, 0.05) is 26.1 Å². The quantitative estimate of drug-likeness (QED) is 0.0541. The average Bonchev–Trinajstić information content (AvgIpc) is 2.92. The lowest BCUT2D eigenvalue weighted by Crippen LogP contribution is -2.48. The Balaban J connectivity index is 3.77. The molecule has 0 radical (unpaired) electrons. The van der Waals surface area contributed by atoms with Crippen LogP contribution in [0.1, 0.15) is 162 Å². The first kappa shape index (κ1) is 37.2. The van der Waals surface area contributed by atoms with Gasteiger partial charge in [0.1, 0.15) is 6.04 Å². The molecule has 2 amide bonds. The monoisotopic (exact) mass is 552 g/mol. The standard InChI is InChI=1S/C32H65N5O2/c1-4-7-8-9-10-11-12-13-14-15-16-17-18-19-20-21-22-23-24-27-30(38)36-29(26-25-28-35-32(33)34)31(39)37(5-2)6-3/h29H,4-28H2,1-3H3,(H,36,38)(H4,33,34,35)/t29-/m0/s1. The number of rotatable bonds is 28. The van der Waals surface area contributed by atoms with E-state index in [1.165, 1.54) is 109 Å². The highest BCUT2D eigenvalue weighted by molar-refractivity contribution is 5.87. The summed E-state index contributed by atoms with van der Waals surface area (Å²) in [5.74, 6) is -0.00413. The Morgan fingerprint density at radius 2 is 1.05 bits per heavy atom. The lowest BCUT2D eigenvalue weighted by atomic mass is 10.0. The molecule has 39 heavy (non-hydrogen) atoms. The summed E-state index contributed by atoms with van der Waals surface area (Å²) in [5.41, 5.74) is 10.8. The molecule has 0 spiro atoms. The Morgan fingerprint density at radius 1 is 0.641 bits per heavy atom. The van der Waals surface area contributed by atoms with E-state index in [9.17, 15) is 9.59 Å². The van der Waals surface area contributed by atoms with Crippen LogP contribution in [-0.2, 0) is 9.59 Å². The Labute approximate surface area is 241 Å². The molecule has 1 atom stereocenters. The second-order valence-corrected chi connectivity index (χ2v) is 11.2. The Morgan fingerprint density at radius 3 is 1.44 bits per heavy atom. The normalized spacial score (nSPS) is 11.8. The van der Waals surface area contributed by atoms with Crippen molar-refractivity contribution in [3.05, 3.63) is 0 Å². The van der Waals surface area contributed by atoms with Gasteiger partial charge in [0.25, 0.3) is 0 Å². The van der Waals surface area contributed by atoms with Crippen molar-refractivity contribution in [2.75, 3.05) is 19.6 Å². The van der Waals surface area contributed by atoms with Gasteiger partial charge in [-0.3, -0.25) is 14.6 Å². The van der Waals surface area contributed by atoms with E-state index in [0.717, 1.165) is 12.8 Å². The Kier molecular flexibility index (Phi) is 26.5. The maximum atomic E-state index is 12.8. The summed E-state index contributed by atoms with van der Waals surface area (Å²) in [7, 11) is 0. The highest BCUT2D eigenvalue weighted by Crippen LogP contribution is 2.15. The highest BCUT2D eigenvalue weighted by atomic mass is 16.2. The maximum absolute atomic E-state index is 12.8. The van der Waals surface area contributed by atoms with E-state index < -0.39 is 6.04 Å². The third-order valence-electron chi connectivity index (χ3n) is 7.66. The first-order valence-electron chi connectivity index (χ1n) is 16.6. The van der Waals surface area contributed by atoms with Gasteiger partial charge in [-0.25, -0.2) is 0 Å². The van der Waals surface area contributed by atoms with Gasteiger partial charge in [-0.05, 0) is 33.1 Å². The summed E-state index contributed by atoms with van der Waals surface area (Å²) < 4.78 is 0. The zero-order valence-corrected chi connectivity index (χ0v) is 26.1. The van der Waals surface area contributed by atoms with Gasteiger partial charge in [0.05, 0.1) is 0 Å². The number of unbranched alkanes of at least 4 members (excludes halogenated alkanes) is 18. The van der Waals surface area contributed by atoms with Crippen LogP contribution in [0.5, 0.6) is 0 Å². The number of hydrogen-bond donors (Lipinski definition) is 3. The molecule has 0 aromatic carbocycles. The van der Waals surface area contributed by atoms with E-state index in [1.54, 1.807) is 4.90 Å². The van der Waals surface area contributed by atoms with E-state index in [4.69, 9.17) is 11.5 Å².